The SMILES string of the molecule is CCCCCCCCCCOc1ccc(C(=O)NN=Cc2ccc(Sc3cccc4cccnc34)o2)cc1. The number of benzene rings is 2. The van der Waals surface area contributed by atoms with Crippen LogP contribution in [0.2, 0.25) is 0 Å². The Labute approximate surface area is 228 Å². The molecular weight excluding hydrogens is 494 g/mol. The summed E-state index contributed by atoms with van der Waals surface area (Å²) in [6.07, 6.45) is 13.4. The topological polar surface area (TPSA) is 76.7 Å². The van der Waals surface area contributed by atoms with Crippen LogP contribution >= 0.6 is 11.8 Å². The maximum atomic E-state index is 12.4. The number of nitrogens with zero attached hydrogens (tertiary/aromatic N) is 2. The predicted molar refractivity (Wildman–Crippen MR) is 154 cm³/mol. The molecule has 0 saturated heterocycles. The highest BCUT2D eigenvalue weighted by molar-refractivity contribution is 7.99. The molecule has 1 N–H and O–H groups in total. The highest BCUT2D eigenvalue weighted by atomic mass is 32.2. The Kier molecular flexibility index (Phi) is 10.8. The summed E-state index contributed by atoms with van der Waals surface area (Å²) in [6, 6.07) is 20.8. The van der Waals surface area contributed by atoms with Gasteiger partial charge in [-0.2, -0.15) is 5.10 Å². The molecule has 198 valence electrons. The van der Waals surface area contributed by atoms with Crippen molar-refractivity contribution in [1.82, 2.24) is 10.4 Å². The van der Waals surface area contributed by atoms with Crippen molar-refractivity contribution in [2.24, 2.45) is 5.10 Å². The molecule has 38 heavy (non-hydrogen) atoms. The molecule has 4 aromatic rings. The van der Waals surface area contributed by atoms with Crippen molar-refractivity contribution in [3.63, 3.8) is 0 Å². The van der Waals surface area contributed by atoms with Crippen molar-refractivity contribution in [1.29, 1.82) is 0 Å². The number of carbonyl (C=O) groups is 1. The van der Waals surface area contributed by atoms with Gasteiger partial charge in [-0.3, -0.25) is 9.78 Å². The van der Waals surface area contributed by atoms with Crippen LogP contribution in [0.25, 0.3) is 10.9 Å². The number of ether oxygens (including phenoxy) is 1. The molecule has 0 fully saturated rings. The summed E-state index contributed by atoms with van der Waals surface area (Å²) in [5.41, 5.74) is 4.00. The molecule has 4 rings (SSSR count). The number of furan rings is 1. The van der Waals surface area contributed by atoms with E-state index in [0.29, 0.717) is 17.9 Å². The molecule has 0 atom stereocenters. The first kappa shape index (κ1) is 27.5. The summed E-state index contributed by atoms with van der Waals surface area (Å²) in [6.45, 7) is 2.94. The van der Waals surface area contributed by atoms with Gasteiger partial charge in [-0.05, 0) is 66.7 Å². The molecule has 2 aromatic carbocycles. The summed E-state index contributed by atoms with van der Waals surface area (Å²) in [4.78, 5) is 17.9. The van der Waals surface area contributed by atoms with E-state index in [1.807, 2.05) is 54.6 Å². The maximum absolute atomic E-state index is 12.4. The lowest BCUT2D eigenvalue weighted by atomic mass is 10.1. The first-order chi connectivity index (χ1) is 18.7. The van der Waals surface area contributed by atoms with E-state index in [-0.39, 0.29) is 5.91 Å². The minimum absolute atomic E-state index is 0.293. The van der Waals surface area contributed by atoms with Gasteiger partial charge in [0.25, 0.3) is 5.91 Å². The van der Waals surface area contributed by atoms with Crippen LogP contribution in [-0.4, -0.2) is 23.7 Å². The second kappa shape index (κ2) is 15.0. The number of hydrogen-bond acceptors (Lipinski definition) is 6. The molecule has 2 heterocycles. The number of carbonyl (C=O) groups excluding carboxylic acids is 1. The molecule has 0 saturated carbocycles. The van der Waals surface area contributed by atoms with Crippen LogP contribution in [-0.2, 0) is 0 Å². The normalized spacial score (nSPS) is 11.3. The molecule has 0 unspecified atom stereocenters. The predicted octanol–water partition coefficient (Wildman–Crippen LogP) is 8.26. The van der Waals surface area contributed by atoms with Gasteiger partial charge in [0.15, 0.2) is 5.09 Å². The van der Waals surface area contributed by atoms with Gasteiger partial charge < -0.3 is 9.15 Å². The summed E-state index contributed by atoms with van der Waals surface area (Å²) < 4.78 is 11.7. The molecule has 0 aliphatic carbocycles. The molecule has 7 heteroatoms. The Morgan fingerprint density at radius 3 is 2.53 bits per heavy atom. The average molecular weight is 530 g/mol. The zero-order valence-electron chi connectivity index (χ0n) is 21.9. The van der Waals surface area contributed by atoms with Gasteiger partial charge in [0.05, 0.1) is 18.3 Å². The lowest BCUT2D eigenvalue weighted by Gasteiger charge is -2.07. The first-order valence-corrected chi connectivity index (χ1v) is 14.2. The number of nitrogens with one attached hydrogen (secondary N) is 1. The minimum Gasteiger partial charge on any atom is -0.494 e. The molecule has 0 radical (unpaired) electrons. The Morgan fingerprint density at radius 1 is 0.947 bits per heavy atom. The smallest absolute Gasteiger partial charge is 0.271 e. The van der Waals surface area contributed by atoms with Crippen LogP contribution in [0.4, 0.5) is 0 Å². The highest BCUT2D eigenvalue weighted by Crippen LogP contribution is 2.33. The molecule has 0 aliphatic rings. The monoisotopic (exact) mass is 529 g/mol. The van der Waals surface area contributed by atoms with E-state index in [1.165, 1.54) is 62.9 Å². The third-order valence-corrected chi connectivity index (χ3v) is 7.12. The minimum atomic E-state index is -0.293. The fourth-order valence-electron chi connectivity index (χ4n) is 4.07. The Hall–Kier alpha value is -3.58. The molecule has 0 spiro atoms. The van der Waals surface area contributed by atoms with Gasteiger partial charge in [-0.25, -0.2) is 5.43 Å². The molecule has 0 bridgehead atoms. The maximum Gasteiger partial charge on any atom is 0.271 e. The fourth-order valence-corrected chi connectivity index (χ4v) is 4.98. The number of amides is 1. The van der Waals surface area contributed by atoms with Crippen molar-refractivity contribution >= 4 is 34.8 Å². The van der Waals surface area contributed by atoms with Gasteiger partial charge in [0.1, 0.15) is 11.5 Å². The summed E-state index contributed by atoms with van der Waals surface area (Å²) in [7, 11) is 0. The first-order valence-electron chi connectivity index (χ1n) is 13.4. The number of aromatic nitrogens is 1. The van der Waals surface area contributed by atoms with Crippen LogP contribution in [0.1, 0.15) is 74.4 Å². The number of para-hydroxylation sites is 1. The lowest BCUT2D eigenvalue weighted by molar-refractivity contribution is 0.0955. The third kappa shape index (κ3) is 8.48. The van der Waals surface area contributed by atoms with E-state index >= 15 is 0 Å². The lowest BCUT2D eigenvalue weighted by Crippen LogP contribution is -2.17. The Balaban J connectivity index is 1.18. The van der Waals surface area contributed by atoms with Gasteiger partial charge in [-0.15, -0.1) is 0 Å². The summed E-state index contributed by atoms with van der Waals surface area (Å²) in [5.74, 6) is 1.03. The van der Waals surface area contributed by atoms with Crippen LogP contribution in [0.5, 0.6) is 5.75 Å². The van der Waals surface area contributed by atoms with Crippen LogP contribution in [0, 0.1) is 0 Å². The number of hydrogen-bond donors (Lipinski definition) is 1. The van der Waals surface area contributed by atoms with Crippen LogP contribution in [0.15, 0.2) is 92.4 Å². The number of rotatable bonds is 15. The molecule has 0 aliphatic heterocycles. The Morgan fingerprint density at radius 2 is 1.71 bits per heavy atom. The van der Waals surface area contributed by atoms with Crippen molar-refractivity contribution in [2.45, 2.75) is 68.3 Å². The van der Waals surface area contributed by atoms with Crippen molar-refractivity contribution < 1.29 is 13.9 Å². The number of fused-ring (bicyclic) bond motifs is 1. The largest absolute Gasteiger partial charge is 0.494 e. The van der Waals surface area contributed by atoms with Crippen LogP contribution < -0.4 is 10.2 Å². The average Bonchev–Trinajstić information content (AvgIpc) is 3.39. The van der Waals surface area contributed by atoms with Crippen molar-refractivity contribution in [3.8, 4) is 5.75 Å². The standard InChI is InChI=1S/C31H35N3O3S/c1-2-3-4-5-6-7-8-9-22-36-26-17-15-25(16-18-26)31(35)34-33-23-27-19-20-29(37-27)38-28-14-10-12-24-13-11-21-32-30(24)28/h10-21,23H,2-9,22H2,1H3,(H,34,35). The number of hydrazone groups is 1. The van der Waals surface area contributed by atoms with E-state index in [1.54, 1.807) is 18.3 Å². The molecule has 2 aromatic heterocycles. The zero-order chi connectivity index (χ0) is 26.4. The molecule has 6 nitrogen and oxygen atoms in total. The molecule has 1 amide bonds. The van der Waals surface area contributed by atoms with Crippen molar-refractivity contribution in [2.75, 3.05) is 6.61 Å². The second-order valence-electron chi connectivity index (χ2n) is 9.14. The summed E-state index contributed by atoms with van der Waals surface area (Å²) >= 11 is 1.50. The van der Waals surface area contributed by atoms with E-state index < -0.39 is 0 Å². The summed E-state index contributed by atoms with van der Waals surface area (Å²) in [5, 5.41) is 5.84. The van der Waals surface area contributed by atoms with Gasteiger partial charge in [0, 0.05) is 22.0 Å². The van der Waals surface area contributed by atoms with Crippen LogP contribution in [0.3, 0.4) is 0 Å². The number of unbranched alkanes of at least 4 members (excludes halogenated alkanes) is 7. The van der Waals surface area contributed by atoms with E-state index in [9.17, 15) is 4.79 Å². The van der Waals surface area contributed by atoms with Crippen molar-refractivity contribution in [3.05, 3.63) is 84.3 Å². The van der Waals surface area contributed by atoms with Gasteiger partial charge in [-0.1, -0.05) is 70.1 Å². The third-order valence-electron chi connectivity index (χ3n) is 6.15. The van der Waals surface area contributed by atoms with Gasteiger partial charge >= 0.3 is 0 Å². The van der Waals surface area contributed by atoms with E-state index in [2.05, 4.69) is 22.4 Å². The van der Waals surface area contributed by atoms with E-state index in [4.69, 9.17) is 9.15 Å². The van der Waals surface area contributed by atoms with E-state index in [0.717, 1.165) is 33.1 Å². The zero-order valence-corrected chi connectivity index (χ0v) is 22.7. The fraction of sp³-hybridized carbons (Fsp3) is 0.323. The highest BCUT2D eigenvalue weighted by Gasteiger charge is 2.08. The van der Waals surface area contributed by atoms with Gasteiger partial charge in [0.2, 0.25) is 0 Å². The molecular formula is C31H35N3O3S. The quantitative estimate of drug-likeness (QED) is 0.0953. The number of pyridine rings is 1. The Bertz CT molecular complexity index is 1310. The second-order valence-corrected chi connectivity index (χ2v) is 10.2.